The second-order valence-corrected chi connectivity index (χ2v) is 2.21. The van der Waals surface area contributed by atoms with E-state index in [4.69, 9.17) is 12.2 Å². The van der Waals surface area contributed by atoms with E-state index in [9.17, 15) is 0 Å². The van der Waals surface area contributed by atoms with Gasteiger partial charge < -0.3 is 15.6 Å². The van der Waals surface area contributed by atoms with Crippen molar-refractivity contribution in [2.24, 2.45) is 0 Å². The van der Waals surface area contributed by atoms with E-state index in [-0.39, 0.29) is 0 Å². The van der Waals surface area contributed by atoms with Crippen molar-refractivity contribution in [1.29, 1.82) is 0 Å². The smallest absolute Gasteiger partial charge is 0.170 e. The molecule has 0 unspecified atom stereocenters. The first-order valence-electron chi connectivity index (χ1n) is 2.94. The predicted octanol–water partition coefficient (Wildman–Crippen LogP) is 0.931. The molecule has 10 heavy (non-hydrogen) atoms. The van der Waals surface area contributed by atoms with Crippen LogP contribution in [-0.2, 0) is 0 Å². The minimum absolute atomic E-state index is 0.625. The van der Waals surface area contributed by atoms with Gasteiger partial charge in [-0.1, -0.05) is 0 Å². The second-order valence-electron chi connectivity index (χ2n) is 1.80. The lowest BCUT2D eigenvalue weighted by Crippen LogP contribution is -2.23. The maximum atomic E-state index is 4.87. The van der Waals surface area contributed by atoms with Gasteiger partial charge in [0, 0.05) is 19.4 Å². The number of hydrogen-bond donors (Lipinski definition) is 3. The fraction of sp³-hybridized carbons (Fsp3) is 0.167. The van der Waals surface area contributed by atoms with E-state index >= 15 is 0 Å². The number of aromatic amines is 1. The zero-order chi connectivity index (χ0) is 7.40. The molecule has 0 aliphatic rings. The van der Waals surface area contributed by atoms with Crippen molar-refractivity contribution in [3.63, 3.8) is 0 Å². The molecule has 0 aromatic carbocycles. The molecule has 0 aliphatic heterocycles. The Morgan fingerprint density at radius 3 is 3.00 bits per heavy atom. The maximum absolute atomic E-state index is 4.87. The van der Waals surface area contributed by atoms with Crippen LogP contribution in [0.5, 0.6) is 0 Å². The minimum Gasteiger partial charge on any atom is -0.366 e. The highest BCUT2D eigenvalue weighted by Gasteiger charge is 1.91. The van der Waals surface area contributed by atoms with Crippen molar-refractivity contribution in [3.05, 3.63) is 18.5 Å². The van der Waals surface area contributed by atoms with Crippen molar-refractivity contribution in [2.75, 3.05) is 12.4 Å². The molecule has 0 amide bonds. The van der Waals surface area contributed by atoms with E-state index in [0.29, 0.717) is 5.11 Å². The number of rotatable bonds is 1. The first-order chi connectivity index (χ1) is 4.83. The lowest BCUT2D eigenvalue weighted by molar-refractivity contribution is 1.20. The minimum atomic E-state index is 0.625. The highest BCUT2D eigenvalue weighted by Crippen LogP contribution is 2.01. The summed E-state index contributed by atoms with van der Waals surface area (Å²) < 4.78 is 0. The molecule has 0 atom stereocenters. The topological polar surface area (TPSA) is 39.8 Å². The monoisotopic (exact) mass is 155 g/mol. The average Bonchev–Trinajstić information content (AvgIpc) is 2.40. The zero-order valence-corrected chi connectivity index (χ0v) is 6.46. The Balaban J connectivity index is 2.48. The molecule has 0 bridgehead atoms. The standard InChI is InChI=1S/C6H9N3S/c1-7-6(10)9-5-2-3-8-4-5/h2-4,8H,1H3,(H2,7,9,10). The highest BCUT2D eigenvalue weighted by molar-refractivity contribution is 7.80. The Morgan fingerprint density at radius 1 is 1.70 bits per heavy atom. The fourth-order valence-electron chi connectivity index (χ4n) is 0.595. The fourth-order valence-corrected chi connectivity index (χ4v) is 0.713. The molecule has 0 saturated heterocycles. The van der Waals surface area contributed by atoms with Gasteiger partial charge in [-0.05, 0) is 18.3 Å². The number of aromatic nitrogens is 1. The van der Waals surface area contributed by atoms with Crippen LogP contribution in [-0.4, -0.2) is 17.1 Å². The summed E-state index contributed by atoms with van der Waals surface area (Å²) in [5.41, 5.74) is 0.972. The highest BCUT2D eigenvalue weighted by atomic mass is 32.1. The molecule has 1 rings (SSSR count). The molecule has 0 aliphatic carbocycles. The van der Waals surface area contributed by atoms with E-state index in [1.54, 1.807) is 7.05 Å². The molecule has 1 heterocycles. The van der Waals surface area contributed by atoms with Gasteiger partial charge in [0.25, 0.3) is 0 Å². The van der Waals surface area contributed by atoms with Crippen molar-refractivity contribution in [3.8, 4) is 0 Å². The summed E-state index contributed by atoms with van der Waals surface area (Å²) in [6.45, 7) is 0. The Morgan fingerprint density at radius 2 is 2.50 bits per heavy atom. The first kappa shape index (κ1) is 7.08. The summed E-state index contributed by atoms with van der Waals surface area (Å²) in [6.07, 6.45) is 3.67. The molecule has 3 nitrogen and oxygen atoms in total. The molecule has 1 aromatic rings. The Kier molecular flexibility index (Phi) is 2.28. The third-order valence-corrected chi connectivity index (χ3v) is 1.39. The van der Waals surface area contributed by atoms with Crippen LogP contribution in [0.25, 0.3) is 0 Å². The molecule has 0 saturated carbocycles. The number of anilines is 1. The van der Waals surface area contributed by atoms with E-state index in [2.05, 4.69) is 15.6 Å². The molecular weight excluding hydrogens is 146 g/mol. The first-order valence-corrected chi connectivity index (χ1v) is 3.35. The number of nitrogens with one attached hydrogen (secondary N) is 3. The summed E-state index contributed by atoms with van der Waals surface area (Å²) >= 11 is 4.87. The van der Waals surface area contributed by atoms with Crippen molar-refractivity contribution < 1.29 is 0 Å². The maximum Gasteiger partial charge on any atom is 0.170 e. The van der Waals surface area contributed by atoms with Crippen molar-refractivity contribution >= 4 is 23.0 Å². The van der Waals surface area contributed by atoms with Gasteiger partial charge in [0.05, 0.1) is 5.69 Å². The van der Waals surface area contributed by atoms with Crippen LogP contribution in [0.2, 0.25) is 0 Å². The van der Waals surface area contributed by atoms with Crippen LogP contribution in [0.3, 0.4) is 0 Å². The third-order valence-electron chi connectivity index (χ3n) is 1.08. The Bertz CT molecular complexity index is 205. The van der Waals surface area contributed by atoms with Gasteiger partial charge in [-0.25, -0.2) is 0 Å². The van der Waals surface area contributed by atoms with Crippen LogP contribution >= 0.6 is 12.2 Å². The van der Waals surface area contributed by atoms with Crippen LogP contribution in [0, 0.1) is 0 Å². The van der Waals surface area contributed by atoms with E-state index < -0.39 is 0 Å². The number of H-pyrrole nitrogens is 1. The predicted molar refractivity (Wildman–Crippen MR) is 46.1 cm³/mol. The summed E-state index contributed by atoms with van der Waals surface area (Å²) in [4.78, 5) is 2.91. The second kappa shape index (κ2) is 3.22. The van der Waals surface area contributed by atoms with Crippen LogP contribution in [0.4, 0.5) is 5.69 Å². The zero-order valence-electron chi connectivity index (χ0n) is 5.64. The average molecular weight is 155 g/mol. The quantitative estimate of drug-likeness (QED) is 0.528. The molecule has 0 radical (unpaired) electrons. The Hall–Kier alpha value is -1.03. The van der Waals surface area contributed by atoms with Crippen molar-refractivity contribution in [1.82, 2.24) is 10.3 Å². The van der Waals surface area contributed by atoms with Crippen LogP contribution in [0.15, 0.2) is 18.5 Å². The third kappa shape index (κ3) is 1.73. The SMILES string of the molecule is CNC(=S)Nc1cc[nH]c1. The van der Waals surface area contributed by atoms with Gasteiger partial charge in [0.1, 0.15) is 0 Å². The lowest BCUT2D eigenvalue weighted by atomic mass is 10.5. The molecule has 0 fully saturated rings. The lowest BCUT2D eigenvalue weighted by Gasteiger charge is -2.02. The van der Waals surface area contributed by atoms with Crippen LogP contribution < -0.4 is 10.6 Å². The van der Waals surface area contributed by atoms with E-state index in [1.807, 2.05) is 18.5 Å². The summed E-state index contributed by atoms with van der Waals surface area (Å²) in [7, 11) is 1.78. The largest absolute Gasteiger partial charge is 0.366 e. The molecule has 4 heteroatoms. The van der Waals surface area contributed by atoms with Gasteiger partial charge >= 0.3 is 0 Å². The molecule has 54 valence electrons. The van der Waals surface area contributed by atoms with Gasteiger partial charge in [0.2, 0.25) is 0 Å². The normalized spacial score (nSPS) is 8.90. The summed E-state index contributed by atoms with van der Waals surface area (Å²) in [5.74, 6) is 0. The number of hydrogen-bond acceptors (Lipinski definition) is 1. The van der Waals surface area contributed by atoms with Gasteiger partial charge in [-0.2, -0.15) is 0 Å². The molecule has 0 spiro atoms. The summed E-state index contributed by atoms with van der Waals surface area (Å²) in [5, 5.41) is 6.39. The molecule has 1 aromatic heterocycles. The van der Waals surface area contributed by atoms with E-state index in [0.717, 1.165) is 5.69 Å². The van der Waals surface area contributed by atoms with Crippen LogP contribution in [0.1, 0.15) is 0 Å². The van der Waals surface area contributed by atoms with Gasteiger partial charge in [-0.15, -0.1) is 0 Å². The van der Waals surface area contributed by atoms with E-state index in [1.165, 1.54) is 0 Å². The van der Waals surface area contributed by atoms with Crippen molar-refractivity contribution in [2.45, 2.75) is 0 Å². The van der Waals surface area contributed by atoms with Gasteiger partial charge in [-0.3, -0.25) is 0 Å². The molecule has 3 N–H and O–H groups in total. The Labute approximate surface area is 64.8 Å². The number of thiocarbonyl (C=S) groups is 1. The summed E-state index contributed by atoms with van der Waals surface area (Å²) in [6, 6.07) is 1.91. The molecular formula is C6H9N3S. The van der Waals surface area contributed by atoms with Gasteiger partial charge in [0.15, 0.2) is 5.11 Å².